The number of H-pyrrole nitrogens is 1. The van der Waals surface area contributed by atoms with Gasteiger partial charge in [0.1, 0.15) is 0 Å². The maximum atomic E-state index is 12.3. The summed E-state index contributed by atoms with van der Waals surface area (Å²) >= 11 is 0. The highest BCUT2D eigenvalue weighted by Gasteiger charge is 2.23. The number of nitrogens with zero attached hydrogens (tertiary/aromatic N) is 3. The van der Waals surface area contributed by atoms with Gasteiger partial charge in [-0.05, 0) is 32.6 Å². The number of benzene rings is 1. The van der Waals surface area contributed by atoms with Gasteiger partial charge in [-0.15, -0.1) is 0 Å². The lowest BCUT2D eigenvalue weighted by Gasteiger charge is -2.31. The molecule has 2 heterocycles. The summed E-state index contributed by atoms with van der Waals surface area (Å²) in [5.41, 5.74) is 0.741. The van der Waals surface area contributed by atoms with E-state index < -0.39 is 0 Å². The monoisotopic (exact) mass is 407 g/mol. The Labute approximate surface area is 176 Å². The SMILES string of the molecule is C=CC=C.C[C@H](Nc1nn(C)c(=O)c2ccccc12)C(c1ccc(=O)[nH]c1)N(C)C. The van der Waals surface area contributed by atoms with Crippen molar-refractivity contribution in [1.29, 1.82) is 0 Å². The van der Waals surface area contributed by atoms with Gasteiger partial charge in [0.25, 0.3) is 5.56 Å². The molecule has 1 unspecified atom stereocenters. The lowest BCUT2D eigenvalue weighted by molar-refractivity contribution is 0.274. The van der Waals surface area contributed by atoms with Crippen LogP contribution in [-0.4, -0.2) is 39.8 Å². The molecule has 0 amide bonds. The third kappa shape index (κ3) is 5.33. The van der Waals surface area contributed by atoms with Gasteiger partial charge in [-0.25, -0.2) is 4.68 Å². The fourth-order valence-electron chi connectivity index (χ4n) is 3.34. The molecule has 7 heteroatoms. The van der Waals surface area contributed by atoms with Crippen molar-refractivity contribution in [2.75, 3.05) is 19.4 Å². The standard InChI is InChI=1S/C19H23N5O2.C4H6/c1-12(17(23(2)3)13-9-10-16(25)20-11-13)21-18-14-7-5-6-8-15(14)19(26)24(4)22-18;1-3-4-2/h5-12,17H,1-4H3,(H,20,25)(H,21,22);3-4H,1-2H2/t12-,17?;/m0./s1. The second kappa shape index (κ2) is 10.4. The third-order valence-corrected chi connectivity index (χ3v) is 4.67. The summed E-state index contributed by atoms with van der Waals surface area (Å²) in [6, 6.07) is 10.8. The molecule has 1 aromatic carbocycles. The van der Waals surface area contributed by atoms with Gasteiger partial charge in [0.15, 0.2) is 5.82 Å². The Kier molecular flexibility index (Phi) is 7.89. The van der Waals surface area contributed by atoms with Crippen LogP contribution in [0.5, 0.6) is 0 Å². The van der Waals surface area contributed by atoms with E-state index in [0.717, 1.165) is 10.9 Å². The Bertz CT molecular complexity index is 1100. The molecule has 0 aliphatic heterocycles. The zero-order valence-corrected chi connectivity index (χ0v) is 17.9. The van der Waals surface area contributed by atoms with E-state index in [2.05, 4.69) is 40.4 Å². The Balaban J connectivity index is 0.000000735. The number of pyridine rings is 1. The molecular formula is C23H29N5O2. The van der Waals surface area contributed by atoms with Crippen molar-refractivity contribution in [2.45, 2.75) is 19.0 Å². The molecule has 3 aromatic rings. The Morgan fingerprint density at radius 3 is 2.27 bits per heavy atom. The van der Waals surface area contributed by atoms with Crippen molar-refractivity contribution in [3.8, 4) is 0 Å². The molecule has 0 radical (unpaired) electrons. The first-order valence-corrected chi connectivity index (χ1v) is 9.61. The second-order valence-electron chi connectivity index (χ2n) is 7.12. The van der Waals surface area contributed by atoms with Gasteiger partial charge in [0, 0.05) is 30.7 Å². The van der Waals surface area contributed by atoms with Crippen molar-refractivity contribution in [3.05, 3.63) is 94.2 Å². The molecule has 0 bridgehead atoms. The number of aryl methyl sites for hydroxylation is 1. The first-order valence-electron chi connectivity index (χ1n) is 9.61. The molecule has 0 fully saturated rings. The van der Waals surface area contributed by atoms with Crippen molar-refractivity contribution in [2.24, 2.45) is 7.05 Å². The van der Waals surface area contributed by atoms with Gasteiger partial charge in [0.2, 0.25) is 5.56 Å². The predicted octanol–water partition coefficient (Wildman–Crippen LogP) is 3.08. The fourth-order valence-corrected chi connectivity index (χ4v) is 3.34. The van der Waals surface area contributed by atoms with E-state index in [1.807, 2.05) is 38.4 Å². The Morgan fingerprint density at radius 1 is 1.10 bits per heavy atom. The van der Waals surface area contributed by atoms with E-state index in [0.29, 0.717) is 11.2 Å². The van der Waals surface area contributed by atoms with Crippen LogP contribution < -0.4 is 16.4 Å². The number of allylic oxidation sites excluding steroid dienone is 2. The quantitative estimate of drug-likeness (QED) is 0.614. The lowest BCUT2D eigenvalue weighted by atomic mass is 10.0. The van der Waals surface area contributed by atoms with E-state index in [9.17, 15) is 9.59 Å². The van der Waals surface area contributed by atoms with E-state index >= 15 is 0 Å². The van der Waals surface area contributed by atoms with Gasteiger partial charge in [-0.3, -0.25) is 9.59 Å². The predicted molar refractivity (Wildman–Crippen MR) is 124 cm³/mol. The van der Waals surface area contributed by atoms with Crippen LogP contribution in [0.3, 0.4) is 0 Å². The zero-order chi connectivity index (χ0) is 22.3. The number of aromatic amines is 1. The van der Waals surface area contributed by atoms with Crippen LogP contribution in [0.4, 0.5) is 5.82 Å². The number of nitrogens with one attached hydrogen (secondary N) is 2. The summed E-state index contributed by atoms with van der Waals surface area (Å²) in [7, 11) is 5.62. The number of hydrogen-bond acceptors (Lipinski definition) is 5. The van der Waals surface area contributed by atoms with Crippen LogP contribution in [0, 0.1) is 0 Å². The maximum absolute atomic E-state index is 12.3. The van der Waals surface area contributed by atoms with Gasteiger partial charge >= 0.3 is 0 Å². The largest absolute Gasteiger partial charge is 0.364 e. The highest BCUT2D eigenvalue weighted by molar-refractivity contribution is 5.90. The molecule has 0 saturated carbocycles. The van der Waals surface area contributed by atoms with Crippen molar-refractivity contribution < 1.29 is 0 Å². The molecular weight excluding hydrogens is 378 g/mol. The van der Waals surface area contributed by atoms with Crippen LogP contribution >= 0.6 is 0 Å². The van der Waals surface area contributed by atoms with Gasteiger partial charge in [0.05, 0.1) is 11.4 Å². The number of anilines is 1. The minimum absolute atomic E-state index is 0.00430. The molecule has 2 N–H and O–H groups in total. The minimum Gasteiger partial charge on any atom is -0.364 e. The summed E-state index contributed by atoms with van der Waals surface area (Å²) in [5.74, 6) is 0.659. The van der Waals surface area contributed by atoms with E-state index in [-0.39, 0.29) is 23.2 Å². The summed E-state index contributed by atoms with van der Waals surface area (Å²) in [4.78, 5) is 28.5. The third-order valence-electron chi connectivity index (χ3n) is 4.67. The Morgan fingerprint density at radius 2 is 1.73 bits per heavy atom. The van der Waals surface area contributed by atoms with Gasteiger partial charge in [-0.1, -0.05) is 49.6 Å². The molecule has 2 aromatic heterocycles. The number of rotatable bonds is 6. The van der Waals surface area contributed by atoms with Crippen molar-refractivity contribution >= 4 is 16.6 Å². The van der Waals surface area contributed by atoms with Crippen LogP contribution in [0.2, 0.25) is 0 Å². The lowest BCUT2D eigenvalue weighted by Crippen LogP contribution is -2.35. The number of aromatic nitrogens is 3. The molecule has 0 spiro atoms. The van der Waals surface area contributed by atoms with E-state index in [1.165, 1.54) is 10.7 Å². The minimum atomic E-state index is -0.127. The average molecular weight is 408 g/mol. The smallest absolute Gasteiger partial charge is 0.274 e. The highest BCUT2D eigenvalue weighted by Crippen LogP contribution is 2.25. The number of fused-ring (bicyclic) bond motifs is 1. The number of hydrogen-bond donors (Lipinski definition) is 2. The zero-order valence-electron chi connectivity index (χ0n) is 17.9. The van der Waals surface area contributed by atoms with Gasteiger partial charge < -0.3 is 15.2 Å². The van der Waals surface area contributed by atoms with Crippen LogP contribution in [0.15, 0.2) is 77.5 Å². The molecule has 0 aliphatic carbocycles. The summed E-state index contributed by atoms with van der Waals surface area (Å²) in [6.07, 6.45) is 5.01. The Hall–Kier alpha value is -3.45. The first-order chi connectivity index (χ1) is 14.3. The topological polar surface area (TPSA) is 83.0 Å². The molecule has 2 atom stereocenters. The summed E-state index contributed by atoms with van der Waals surface area (Å²) in [5, 5.41) is 9.27. The normalized spacial score (nSPS) is 12.6. The molecule has 0 aliphatic rings. The van der Waals surface area contributed by atoms with E-state index in [1.54, 1.807) is 31.5 Å². The number of likely N-dealkylation sites (N-methyl/N-ethyl adjacent to an activating group) is 1. The van der Waals surface area contributed by atoms with E-state index in [4.69, 9.17) is 0 Å². The van der Waals surface area contributed by atoms with Crippen LogP contribution in [0.25, 0.3) is 10.8 Å². The molecule has 30 heavy (non-hydrogen) atoms. The molecule has 158 valence electrons. The second-order valence-corrected chi connectivity index (χ2v) is 7.12. The van der Waals surface area contributed by atoms with Crippen LogP contribution in [0.1, 0.15) is 18.5 Å². The summed E-state index contributed by atoms with van der Waals surface area (Å²) < 4.78 is 1.35. The average Bonchev–Trinajstić information content (AvgIpc) is 2.73. The molecule has 0 saturated heterocycles. The summed E-state index contributed by atoms with van der Waals surface area (Å²) in [6.45, 7) is 8.78. The molecule has 3 rings (SSSR count). The maximum Gasteiger partial charge on any atom is 0.274 e. The van der Waals surface area contributed by atoms with Crippen LogP contribution in [-0.2, 0) is 7.05 Å². The highest BCUT2D eigenvalue weighted by atomic mass is 16.1. The first kappa shape index (κ1) is 22.8. The van der Waals surface area contributed by atoms with Crippen molar-refractivity contribution in [1.82, 2.24) is 19.7 Å². The molecule has 7 nitrogen and oxygen atoms in total. The van der Waals surface area contributed by atoms with Crippen molar-refractivity contribution in [3.63, 3.8) is 0 Å². The fraction of sp³-hybridized carbons (Fsp3) is 0.261. The van der Waals surface area contributed by atoms with Gasteiger partial charge in [-0.2, -0.15) is 5.10 Å².